The van der Waals surface area contributed by atoms with Crippen molar-refractivity contribution in [2.75, 3.05) is 12.4 Å². The van der Waals surface area contributed by atoms with E-state index in [4.69, 9.17) is 0 Å². The third-order valence-electron chi connectivity index (χ3n) is 2.31. The molecule has 0 aliphatic rings. The van der Waals surface area contributed by atoms with Gasteiger partial charge in [-0.05, 0) is 19.1 Å². The molecule has 0 spiro atoms. The van der Waals surface area contributed by atoms with Crippen LogP contribution in [0, 0.1) is 0 Å². The van der Waals surface area contributed by atoms with Crippen LogP contribution in [0.1, 0.15) is 30.8 Å². The van der Waals surface area contributed by atoms with E-state index in [0.29, 0.717) is 17.8 Å². The van der Waals surface area contributed by atoms with E-state index >= 15 is 0 Å². The molecule has 0 saturated heterocycles. The van der Waals surface area contributed by atoms with Gasteiger partial charge in [-0.3, -0.25) is 9.78 Å². The van der Waals surface area contributed by atoms with E-state index in [0.717, 1.165) is 0 Å². The van der Waals surface area contributed by atoms with Gasteiger partial charge in [-0.1, -0.05) is 6.92 Å². The van der Waals surface area contributed by atoms with Crippen LogP contribution in [0.2, 0.25) is 0 Å². The predicted octanol–water partition coefficient (Wildman–Crippen LogP) is 1.65. The van der Waals surface area contributed by atoms with Gasteiger partial charge in [0.2, 0.25) is 0 Å². The zero-order chi connectivity index (χ0) is 12.8. The number of methoxy groups -OCH3 is 1. The second-order valence-electron chi connectivity index (χ2n) is 3.60. The quantitative estimate of drug-likeness (QED) is 0.622. The average molecular weight is 236 g/mol. The molecule has 5 heteroatoms. The molecule has 1 unspecified atom stereocenters. The van der Waals surface area contributed by atoms with Gasteiger partial charge in [0.05, 0.1) is 19.0 Å². The molecule has 0 bridgehead atoms. The molecule has 17 heavy (non-hydrogen) atoms. The minimum atomic E-state index is -0.450. The summed E-state index contributed by atoms with van der Waals surface area (Å²) >= 11 is 0. The highest BCUT2D eigenvalue weighted by Gasteiger charge is 2.12. The van der Waals surface area contributed by atoms with Gasteiger partial charge < -0.3 is 10.1 Å². The van der Waals surface area contributed by atoms with Crippen molar-refractivity contribution >= 4 is 17.4 Å². The molecule has 0 aliphatic carbocycles. The van der Waals surface area contributed by atoms with E-state index in [-0.39, 0.29) is 11.8 Å². The van der Waals surface area contributed by atoms with Gasteiger partial charge in [0.25, 0.3) is 0 Å². The van der Waals surface area contributed by atoms with Crippen molar-refractivity contribution in [2.24, 2.45) is 0 Å². The van der Waals surface area contributed by atoms with E-state index < -0.39 is 6.04 Å². The highest BCUT2D eigenvalue weighted by atomic mass is 16.5. The van der Waals surface area contributed by atoms with Gasteiger partial charge in [-0.15, -0.1) is 0 Å². The molecule has 1 rings (SSSR count). The van der Waals surface area contributed by atoms with E-state index in [1.807, 2.05) is 0 Å². The normalized spacial score (nSPS) is 11.7. The minimum absolute atomic E-state index is 0.00225. The summed E-state index contributed by atoms with van der Waals surface area (Å²) in [4.78, 5) is 26.5. The maximum atomic E-state index is 11.3. The Bertz CT molecular complexity index is 401. The van der Waals surface area contributed by atoms with Crippen LogP contribution in [-0.4, -0.2) is 29.9 Å². The van der Waals surface area contributed by atoms with Crippen molar-refractivity contribution < 1.29 is 14.3 Å². The number of pyridine rings is 1. The fraction of sp³-hybridized carbons (Fsp3) is 0.417. The van der Waals surface area contributed by atoms with E-state index in [1.165, 1.54) is 13.3 Å². The number of nitrogens with one attached hydrogen (secondary N) is 1. The highest BCUT2D eigenvalue weighted by molar-refractivity contribution is 5.94. The smallest absolute Gasteiger partial charge is 0.327 e. The number of hydrogen-bond donors (Lipinski definition) is 1. The van der Waals surface area contributed by atoms with Gasteiger partial charge in [-0.2, -0.15) is 0 Å². The SMILES string of the molecule is CCC(=O)c1ccc(NC(C)C(=O)OC)cn1. The van der Waals surface area contributed by atoms with Crippen molar-refractivity contribution in [3.05, 3.63) is 24.0 Å². The summed E-state index contributed by atoms with van der Waals surface area (Å²) in [7, 11) is 1.34. The van der Waals surface area contributed by atoms with Crippen LogP contribution in [0.5, 0.6) is 0 Å². The zero-order valence-electron chi connectivity index (χ0n) is 10.2. The number of esters is 1. The van der Waals surface area contributed by atoms with Gasteiger partial charge in [0.15, 0.2) is 5.78 Å². The highest BCUT2D eigenvalue weighted by Crippen LogP contribution is 2.09. The lowest BCUT2D eigenvalue weighted by atomic mass is 10.2. The summed E-state index contributed by atoms with van der Waals surface area (Å²) in [5.41, 5.74) is 1.11. The molecular formula is C12H16N2O3. The largest absolute Gasteiger partial charge is 0.467 e. The third-order valence-corrected chi connectivity index (χ3v) is 2.31. The van der Waals surface area contributed by atoms with Gasteiger partial charge >= 0.3 is 5.97 Å². The lowest BCUT2D eigenvalue weighted by molar-refractivity contribution is -0.141. The number of carbonyl (C=O) groups is 2. The second kappa shape index (κ2) is 5.98. The molecule has 0 radical (unpaired) electrons. The number of ketones is 1. The third kappa shape index (κ3) is 3.55. The number of hydrogen-bond acceptors (Lipinski definition) is 5. The van der Waals surface area contributed by atoms with Crippen molar-refractivity contribution in [3.63, 3.8) is 0 Å². The molecule has 0 fully saturated rings. The van der Waals surface area contributed by atoms with Crippen LogP contribution < -0.4 is 5.32 Å². The Balaban J connectivity index is 2.68. The molecule has 92 valence electrons. The van der Waals surface area contributed by atoms with Gasteiger partial charge in [0, 0.05) is 6.42 Å². The first-order valence-corrected chi connectivity index (χ1v) is 5.42. The van der Waals surface area contributed by atoms with E-state index in [9.17, 15) is 9.59 Å². The Hall–Kier alpha value is -1.91. The molecule has 1 heterocycles. The van der Waals surface area contributed by atoms with Crippen molar-refractivity contribution in [1.82, 2.24) is 4.98 Å². The molecule has 0 aliphatic heterocycles. The monoisotopic (exact) mass is 236 g/mol. The molecule has 0 amide bonds. The fourth-order valence-corrected chi connectivity index (χ4v) is 1.31. The standard InChI is InChI=1S/C12H16N2O3/c1-4-11(15)10-6-5-9(7-13-10)14-8(2)12(16)17-3/h5-8,14H,4H2,1-3H3. The lowest BCUT2D eigenvalue weighted by Crippen LogP contribution is -2.27. The molecule has 1 atom stereocenters. The first kappa shape index (κ1) is 13.2. The summed E-state index contributed by atoms with van der Waals surface area (Å²) in [6, 6.07) is 2.91. The number of anilines is 1. The number of Topliss-reactive ketones (excluding diaryl/α,β-unsaturated/α-hetero) is 1. The Morgan fingerprint density at radius 3 is 2.65 bits per heavy atom. The number of ether oxygens (including phenoxy) is 1. The predicted molar refractivity (Wildman–Crippen MR) is 64.0 cm³/mol. The van der Waals surface area contributed by atoms with Crippen LogP contribution >= 0.6 is 0 Å². The summed E-state index contributed by atoms with van der Waals surface area (Å²) in [5, 5.41) is 2.93. The van der Waals surface area contributed by atoms with Crippen molar-refractivity contribution in [2.45, 2.75) is 26.3 Å². The maximum absolute atomic E-state index is 11.3. The van der Waals surface area contributed by atoms with Crippen molar-refractivity contribution in [1.29, 1.82) is 0 Å². The zero-order valence-corrected chi connectivity index (χ0v) is 10.2. The van der Waals surface area contributed by atoms with Gasteiger partial charge in [0.1, 0.15) is 11.7 Å². The summed E-state index contributed by atoms with van der Waals surface area (Å²) < 4.78 is 4.59. The Labute approximate surface area is 100 Å². The Morgan fingerprint density at radius 1 is 1.47 bits per heavy atom. The number of nitrogens with zero attached hydrogens (tertiary/aromatic N) is 1. The molecule has 0 saturated carbocycles. The average Bonchev–Trinajstić information content (AvgIpc) is 2.37. The number of rotatable bonds is 5. The minimum Gasteiger partial charge on any atom is -0.467 e. The number of carbonyl (C=O) groups excluding carboxylic acids is 2. The molecule has 1 N–H and O–H groups in total. The van der Waals surface area contributed by atoms with Crippen LogP contribution in [0.4, 0.5) is 5.69 Å². The van der Waals surface area contributed by atoms with Crippen LogP contribution in [0.3, 0.4) is 0 Å². The molecule has 1 aromatic rings. The van der Waals surface area contributed by atoms with Crippen LogP contribution in [0.25, 0.3) is 0 Å². The Morgan fingerprint density at radius 2 is 2.18 bits per heavy atom. The second-order valence-corrected chi connectivity index (χ2v) is 3.60. The molecule has 1 aromatic heterocycles. The summed E-state index contributed by atoms with van der Waals surface area (Å²) in [6.07, 6.45) is 1.96. The maximum Gasteiger partial charge on any atom is 0.327 e. The molecular weight excluding hydrogens is 220 g/mol. The van der Waals surface area contributed by atoms with Crippen LogP contribution in [0.15, 0.2) is 18.3 Å². The fourth-order valence-electron chi connectivity index (χ4n) is 1.31. The van der Waals surface area contributed by atoms with Crippen LogP contribution in [-0.2, 0) is 9.53 Å². The van der Waals surface area contributed by atoms with Crippen molar-refractivity contribution in [3.8, 4) is 0 Å². The topological polar surface area (TPSA) is 68.3 Å². The summed E-state index contributed by atoms with van der Waals surface area (Å²) in [5.74, 6) is -0.351. The van der Waals surface area contributed by atoms with E-state index in [2.05, 4.69) is 15.0 Å². The van der Waals surface area contributed by atoms with Gasteiger partial charge in [-0.25, -0.2) is 4.79 Å². The first-order valence-electron chi connectivity index (χ1n) is 5.42. The molecule has 5 nitrogen and oxygen atoms in total. The molecule has 0 aromatic carbocycles. The lowest BCUT2D eigenvalue weighted by Gasteiger charge is -2.12. The Kier molecular flexibility index (Phi) is 4.63. The summed E-state index contributed by atoms with van der Waals surface area (Å²) in [6.45, 7) is 3.48. The van der Waals surface area contributed by atoms with E-state index in [1.54, 1.807) is 26.0 Å². The number of aromatic nitrogens is 1. The first-order chi connectivity index (χ1) is 8.08.